The van der Waals surface area contributed by atoms with Crippen LogP contribution in [0.5, 0.6) is 0 Å². The van der Waals surface area contributed by atoms with Gasteiger partial charge in [0, 0.05) is 0 Å². The van der Waals surface area contributed by atoms with Crippen molar-refractivity contribution in [1.29, 1.82) is 0 Å². The van der Waals surface area contributed by atoms with E-state index < -0.39 is 0 Å². The number of hydrogen-bond acceptors (Lipinski definition) is 1. The molecule has 13 heavy (non-hydrogen) atoms. The van der Waals surface area contributed by atoms with Crippen molar-refractivity contribution in [1.82, 2.24) is 0 Å². The molecule has 1 N–H and O–H groups in total. The highest BCUT2D eigenvalue weighted by atomic mass is 16.3. The minimum Gasteiger partial charge on any atom is -0.393 e. The molecule has 3 rings (SSSR count). The van der Waals surface area contributed by atoms with Crippen LogP contribution in [0.3, 0.4) is 0 Å². The maximum absolute atomic E-state index is 10.2. The van der Waals surface area contributed by atoms with Gasteiger partial charge in [-0.2, -0.15) is 0 Å². The van der Waals surface area contributed by atoms with Crippen molar-refractivity contribution in [3.63, 3.8) is 0 Å². The third-order valence-corrected chi connectivity index (χ3v) is 4.61. The van der Waals surface area contributed by atoms with E-state index in [2.05, 4.69) is 13.0 Å². The molecule has 0 saturated heterocycles. The molecule has 0 aromatic rings. The monoisotopic (exact) mass is 178 g/mol. The lowest BCUT2D eigenvalue weighted by Crippen LogP contribution is -2.43. The summed E-state index contributed by atoms with van der Waals surface area (Å²) in [5.41, 5.74) is 1.57. The molecule has 2 saturated carbocycles. The van der Waals surface area contributed by atoms with Gasteiger partial charge in [0.15, 0.2) is 0 Å². The Labute approximate surface area is 79.8 Å². The zero-order valence-corrected chi connectivity index (χ0v) is 8.24. The van der Waals surface area contributed by atoms with Crippen LogP contribution in [0.25, 0.3) is 0 Å². The van der Waals surface area contributed by atoms with E-state index in [4.69, 9.17) is 0 Å². The molecule has 1 heteroatoms. The van der Waals surface area contributed by atoms with Crippen LogP contribution in [-0.2, 0) is 0 Å². The molecule has 1 nitrogen and oxygen atoms in total. The predicted octanol–water partition coefficient (Wildman–Crippen LogP) is 2.36. The quantitative estimate of drug-likeness (QED) is 0.565. The van der Waals surface area contributed by atoms with Crippen LogP contribution in [0.15, 0.2) is 11.6 Å². The van der Waals surface area contributed by atoms with E-state index >= 15 is 0 Å². The lowest BCUT2D eigenvalue weighted by Gasteiger charge is -2.44. The summed E-state index contributed by atoms with van der Waals surface area (Å²) in [7, 11) is 0. The maximum Gasteiger partial charge on any atom is 0.0607 e. The van der Waals surface area contributed by atoms with Crippen LogP contribution in [-0.4, -0.2) is 11.2 Å². The van der Waals surface area contributed by atoms with Crippen molar-refractivity contribution in [2.24, 2.45) is 23.7 Å². The second kappa shape index (κ2) is 2.60. The van der Waals surface area contributed by atoms with Crippen LogP contribution >= 0.6 is 0 Å². The molecule has 2 fully saturated rings. The fourth-order valence-electron chi connectivity index (χ4n) is 3.97. The van der Waals surface area contributed by atoms with Gasteiger partial charge < -0.3 is 5.11 Å². The normalized spacial score (nSPS) is 53.4. The van der Waals surface area contributed by atoms with Gasteiger partial charge in [0.2, 0.25) is 0 Å². The van der Waals surface area contributed by atoms with E-state index in [1.165, 1.54) is 25.7 Å². The highest BCUT2D eigenvalue weighted by Gasteiger charge is 2.48. The number of hydrogen-bond donors (Lipinski definition) is 1. The van der Waals surface area contributed by atoms with Crippen LogP contribution in [0.1, 0.15) is 32.6 Å². The van der Waals surface area contributed by atoms with Gasteiger partial charge in [-0.1, -0.05) is 18.1 Å². The molecule has 0 heterocycles. The number of rotatable bonds is 0. The Kier molecular flexibility index (Phi) is 1.61. The Bertz CT molecular complexity index is 256. The van der Waals surface area contributed by atoms with E-state index in [-0.39, 0.29) is 6.10 Å². The highest BCUT2D eigenvalue weighted by molar-refractivity contribution is 5.21. The molecule has 0 aromatic carbocycles. The maximum atomic E-state index is 10.2. The van der Waals surface area contributed by atoms with Gasteiger partial charge in [0.25, 0.3) is 0 Å². The summed E-state index contributed by atoms with van der Waals surface area (Å²) in [5.74, 6) is 2.66. The largest absolute Gasteiger partial charge is 0.393 e. The Balaban J connectivity index is 1.99. The molecule has 0 radical (unpaired) electrons. The Morgan fingerprint density at radius 2 is 2.08 bits per heavy atom. The van der Waals surface area contributed by atoms with Crippen molar-refractivity contribution in [2.45, 2.75) is 38.7 Å². The van der Waals surface area contributed by atoms with Crippen LogP contribution in [0, 0.1) is 23.7 Å². The fourth-order valence-corrected chi connectivity index (χ4v) is 3.97. The second-order valence-corrected chi connectivity index (χ2v) is 5.17. The van der Waals surface area contributed by atoms with Gasteiger partial charge in [-0.3, -0.25) is 0 Å². The molecule has 0 amide bonds. The van der Waals surface area contributed by atoms with Gasteiger partial charge in [0.05, 0.1) is 6.10 Å². The van der Waals surface area contributed by atoms with Gasteiger partial charge in [-0.05, 0) is 49.9 Å². The lowest BCUT2D eigenvalue weighted by molar-refractivity contribution is -0.0467. The average molecular weight is 178 g/mol. The molecule has 0 spiro atoms. The number of aliphatic hydroxyl groups is 1. The number of allylic oxidation sites excluding steroid dienone is 2. The average Bonchev–Trinajstić information content (AvgIpc) is 2.43. The first-order chi connectivity index (χ1) is 6.27. The predicted molar refractivity (Wildman–Crippen MR) is 52.2 cm³/mol. The van der Waals surface area contributed by atoms with Crippen molar-refractivity contribution < 1.29 is 5.11 Å². The molecule has 72 valence electrons. The van der Waals surface area contributed by atoms with Crippen LogP contribution in [0.2, 0.25) is 0 Å². The summed E-state index contributed by atoms with van der Waals surface area (Å²) in [6, 6.07) is 0. The van der Waals surface area contributed by atoms with Crippen molar-refractivity contribution >= 4 is 0 Å². The Morgan fingerprint density at radius 1 is 1.31 bits per heavy atom. The third kappa shape index (κ3) is 0.969. The lowest BCUT2D eigenvalue weighted by atomic mass is 9.63. The molecular formula is C12H18O. The van der Waals surface area contributed by atoms with Crippen molar-refractivity contribution in [2.75, 3.05) is 0 Å². The molecule has 3 aliphatic rings. The molecule has 0 aromatic heterocycles. The van der Waals surface area contributed by atoms with E-state index in [1.54, 1.807) is 5.57 Å². The second-order valence-electron chi connectivity index (χ2n) is 5.17. The van der Waals surface area contributed by atoms with Crippen LogP contribution < -0.4 is 0 Å². The zero-order valence-electron chi connectivity index (χ0n) is 8.24. The number of fused-ring (bicyclic) bond motifs is 6. The molecular weight excluding hydrogens is 160 g/mol. The minimum absolute atomic E-state index is 0.0196. The van der Waals surface area contributed by atoms with Gasteiger partial charge >= 0.3 is 0 Å². The topological polar surface area (TPSA) is 20.2 Å². The first kappa shape index (κ1) is 8.05. The summed E-state index contributed by atoms with van der Waals surface area (Å²) in [4.78, 5) is 0. The highest BCUT2D eigenvalue weighted by Crippen LogP contribution is 2.53. The van der Waals surface area contributed by atoms with E-state index in [1.807, 2.05) is 0 Å². The van der Waals surface area contributed by atoms with E-state index in [0.29, 0.717) is 11.8 Å². The SMILES string of the molecule is CC1=CC2CC1C1CCCC2C1O. The van der Waals surface area contributed by atoms with Gasteiger partial charge in [0.1, 0.15) is 0 Å². The molecule has 3 aliphatic carbocycles. The minimum atomic E-state index is 0.0196. The molecule has 5 atom stereocenters. The van der Waals surface area contributed by atoms with E-state index in [0.717, 1.165) is 11.8 Å². The zero-order chi connectivity index (χ0) is 9.00. The van der Waals surface area contributed by atoms with E-state index in [9.17, 15) is 5.11 Å². The van der Waals surface area contributed by atoms with Crippen molar-refractivity contribution in [3.05, 3.63) is 11.6 Å². The summed E-state index contributed by atoms with van der Waals surface area (Å²) in [5, 5.41) is 10.2. The fraction of sp³-hybridized carbons (Fsp3) is 0.833. The summed E-state index contributed by atoms with van der Waals surface area (Å²) < 4.78 is 0. The number of aliphatic hydroxyl groups excluding tert-OH is 1. The van der Waals surface area contributed by atoms with Gasteiger partial charge in [-0.25, -0.2) is 0 Å². The summed E-state index contributed by atoms with van der Waals surface area (Å²) >= 11 is 0. The van der Waals surface area contributed by atoms with Gasteiger partial charge in [-0.15, -0.1) is 0 Å². The standard InChI is InChI=1S/C12H18O/c1-7-5-8-6-11(7)10-4-2-3-9(8)12(10)13/h5,8-13H,2-4,6H2,1H3. The smallest absolute Gasteiger partial charge is 0.0607 e. The molecule has 4 bridgehead atoms. The Morgan fingerprint density at radius 3 is 2.92 bits per heavy atom. The first-order valence-corrected chi connectivity index (χ1v) is 5.64. The summed E-state index contributed by atoms with van der Waals surface area (Å²) in [6.07, 6.45) is 7.69. The Hall–Kier alpha value is -0.300. The third-order valence-electron chi connectivity index (χ3n) is 4.61. The van der Waals surface area contributed by atoms with Crippen molar-refractivity contribution in [3.8, 4) is 0 Å². The first-order valence-electron chi connectivity index (χ1n) is 5.64. The summed E-state index contributed by atoms with van der Waals surface area (Å²) in [6.45, 7) is 2.26. The molecule has 5 unspecified atom stereocenters. The molecule has 0 aliphatic heterocycles. The van der Waals surface area contributed by atoms with Crippen LogP contribution in [0.4, 0.5) is 0 Å².